The number of hydrogen-bond acceptors (Lipinski definition) is 6. The van der Waals surface area contributed by atoms with Crippen LogP contribution in [0.25, 0.3) is 0 Å². The molecule has 0 fully saturated rings. The lowest BCUT2D eigenvalue weighted by Gasteiger charge is -2.34. The fourth-order valence-corrected chi connectivity index (χ4v) is 4.51. The molecular weight excluding hydrogens is 388 g/mol. The Balaban J connectivity index is 1.98. The lowest BCUT2D eigenvalue weighted by Crippen LogP contribution is -2.47. The number of rotatable bonds is 6. The van der Waals surface area contributed by atoms with Gasteiger partial charge in [0.1, 0.15) is 17.5 Å². The third-order valence-corrected chi connectivity index (χ3v) is 5.90. The summed E-state index contributed by atoms with van der Waals surface area (Å²) < 4.78 is 30.7. The third kappa shape index (κ3) is 4.27. The van der Waals surface area contributed by atoms with Crippen molar-refractivity contribution in [1.82, 2.24) is 5.48 Å². The number of nitrogens with zero attached hydrogens (tertiary/aromatic N) is 1. The number of anilines is 1. The number of carbonyl (C=O) groups is 1. The Hall–Kier alpha value is -2.07. The first kappa shape index (κ1) is 19.7. The number of hydrogen-bond donors (Lipinski definition) is 2. The summed E-state index contributed by atoms with van der Waals surface area (Å²) >= 11 is -1.24. The second kappa shape index (κ2) is 8.30. The van der Waals surface area contributed by atoms with Crippen LogP contribution in [0, 0.1) is 5.92 Å². The fourth-order valence-electron chi connectivity index (χ4n) is 2.85. The van der Waals surface area contributed by atoms with Crippen LogP contribution in [0.4, 0.5) is 5.69 Å². The minimum absolute atomic E-state index is 0.0422. The Bertz CT molecular complexity index is 875. The molecule has 2 atom stereocenters. The summed E-state index contributed by atoms with van der Waals surface area (Å²) in [7, 11) is 0. The quantitative estimate of drug-likeness (QED) is 0.369. The van der Waals surface area contributed by atoms with Crippen molar-refractivity contribution in [2.45, 2.75) is 36.1 Å². The molecule has 1 heterocycles. The van der Waals surface area contributed by atoms with E-state index in [2.05, 4.69) is 0 Å². The Kier molecular flexibility index (Phi) is 6.05. The molecule has 0 saturated heterocycles. The zero-order chi connectivity index (χ0) is 19.6. The maximum atomic E-state index is 12.1. The van der Waals surface area contributed by atoms with Crippen molar-refractivity contribution >= 4 is 34.6 Å². The van der Waals surface area contributed by atoms with Gasteiger partial charge in [-0.25, -0.2) is 5.48 Å². The van der Waals surface area contributed by atoms with E-state index in [4.69, 9.17) is 9.94 Å². The summed E-state index contributed by atoms with van der Waals surface area (Å²) in [6.07, 6.45) is 0.254. The molecule has 0 aliphatic carbocycles. The maximum Gasteiger partial charge on any atom is 0.267 e. The lowest BCUT2D eigenvalue weighted by atomic mass is 10.0. The van der Waals surface area contributed by atoms with Crippen LogP contribution in [0.2, 0.25) is 0 Å². The Morgan fingerprint density at radius 1 is 1.26 bits per heavy atom. The molecule has 0 radical (unpaired) electrons. The van der Waals surface area contributed by atoms with E-state index < -0.39 is 23.2 Å². The lowest BCUT2D eigenvalue weighted by molar-refractivity contribution is -0.130. The average molecular weight is 407 g/mol. The molecule has 2 aromatic carbocycles. The van der Waals surface area contributed by atoms with Gasteiger partial charge in [0.2, 0.25) is 0 Å². The molecule has 2 unspecified atom stereocenters. The van der Waals surface area contributed by atoms with E-state index in [1.807, 2.05) is 38.1 Å². The zero-order valence-electron chi connectivity index (χ0n) is 14.7. The van der Waals surface area contributed by atoms with Gasteiger partial charge in [0.15, 0.2) is 0 Å². The molecule has 0 spiro atoms. The molecule has 1 aliphatic rings. The largest absolute Gasteiger partial charge is 0.755 e. The third-order valence-electron chi connectivity index (χ3n) is 4.02. The van der Waals surface area contributed by atoms with Crippen molar-refractivity contribution in [3.05, 3.63) is 42.5 Å². The number of hydroxylamine groups is 1. The number of fused-ring (bicyclic) bond motifs is 2. The highest BCUT2D eigenvalue weighted by molar-refractivity contribution is 7.99. The Labute approximate surface area is 164 Å². The second-order valence-electron chi connectivity index (χ2n) is 6.45. The van der Waals surface area contributed by atoms with Gasteiger partial charge in [0.25, 0.3) is 5.91 Å². The van der Waals surface area contributed by atoms with Crippen molar-refractivity contribution in [2.24, 2.45) is 5.92 Å². The van der Waals surface area contributed by atoms with Crippen LogP contribution in [0.5, 0.6) is 11.5 Å². The second-order valence-corrected chi connectivity index (χ2v) is 8.36. The van der Waals surface area contributed by atoms with Crippen molar-refractivity contribution in [3.63, 3.8) is 0 Å². The predicted octanol–water partition coefficient (Wildman–Crippen LogP) is 3.46. The van der Waals surface area contributed by atoms with Crippen LogP contribution in [0.15, 0.2) is 52.3 Å². The summed E-state index contributed by atoms with van der Waals surface area (Å²) in [4.78, 5) is 13.8. The minimum atomic E-state index is -2.71. The van der Waals surface area contributed by atoms with E-state index in [0.717, 1.165) is 19.8 Å². The van der Waals surface area contributed by atoms with Gasteiger partial charge < -0.3 is 9.29 Å². The first-order valence-corrected chi connectivity index (χ1v) is 10.2. The maximum absolute atomic E-state index is 12.1. The van der Waals surface area contributed by atoms with Crippen LogP contribution in [-0.4, -0.2) is 25.9 Å². The normalized spacial score (nSPS) is 14.6. The molecule has 9 heteroatoms. The molecule has 27 heavy (non-hydrogen) atoms. The van der Waals surface area contributed by atoms with Crippen molar-refractivity contribution in [3.8, 4) is 11.5 Å². The molecule has 0 saturated carbocycles. The first-order chi connectivity index (χ1) is 12.9. The van der Waals surface area contributed by atoms with Crippen LogP contribution < -0.4 is 14.5 Å². The topological polar surface area (TPSA) is 102 Å². The summed E-state index contributed by atoms with van der Waals surface area (Å²) in [6, 6.07) is 11.4. The van der Waals surface area contributed by atoms with Crippen LogP contribution in [0.3, 0.4) is 0 Å². The molecule has 2 aromatic rings. The molecule has 0 bridgehead atoms. The monoisotopic (exact) mass is 407 g/mol. The number of carbonyl (C=O) groups excluding carboxylic acids is 1. The molecule has 0 aromatic heterocycles. The number of nitrogens with one attached hydrogen (secondary N) is 1. The molecule has 7 nitrogen and oxygen atoms in total. The van der Waals surface area contributed by atoms with E-state index >= 15 is 0 Å². The van der Waals surface area contributed by atoms with Crippen molar-refractivity contribution in [1.29, 1.82) is 0 Å². The smallest absolute Gasteiger partial charge is 0.267 e. The van der Waals surface area contributed by atoms with E-state index in [1.165, 1.54) is 11.8 Å². The van der Waals surface area contributed by atoms with Crippen LogP contribution in [-0.2, 0) is 16.1 Å². The van der Waals surface area contributed by atoms with Gasteiger partial charge in [0.05, 0.1) is 15.5 Å². The number of ether oxygens (including phenoxy) is 1. The molecular formula is C18H19N2O5S2-. The molecule has 1 aliphatic heterocycles. The van der Waals surface area contributed by atoms with Gasteiger partial charge in [-0.2, -0.15) is 0 Å². The SMILES string of the molecule is CC(C)CC(C(=O)NO)N(c1ccc2c(c1)Sc1ccccc1O2)S(=O)[O-]. The van der Waals surface area contributed by atoms with Crippen LogP contribution in [0.1, 0.15) is 20.3 Å². The highest BCUT2D eigenvalue weighted by atomic mass is 32.2. The number of amides is 1. The molecule has 1 amide bonds. The van der Waals surface area contributed by atoms with Gasteiger partial charge in [-0.05, 0) is 42.7 Å². The van der Waals surface area contributed by atoms with Crippen molar-refractivity contribution in [2.75, 3.05) is 4.31 Å². The minimum Gasteiger partial charge on any atom is -0.755 e. The van der Waals surface area contributed by atoms with Gasteiger partial charge in [0, 0.05) is 11.3 Å². The van der Waals surface area contributed by atoms with E-state index in [1.54, 1.807) is 23.7 Å². The standard InChI is InChI=1S/C18H20N2O5S2/c1-11(2)9-13(18(21)19-22)20(27(23)24)12-7-8-15-17(10-12)26-16-6-4-3-5-14(16)25-15/h3-8,10-11,13,22H,9H2,1-2H3,(H,19,21)(H,23,24)/p-1. The highest BCUT2D eigenvalue weighted by Gasteiger charge is 2.29. The first-order valence-electron chi connectivity index (χ1n) is 8.32. The predicted molar refractivity (Wildman–Crippen MR) is 102 cm³/mol. The van der Waals surface area contributed by atoms with Crippen LogP contribution >= 0.6 is 11.8 Å². The Morgan fingerprint density at radius 2 is 1.96 bits per heavy atom. The average Bonchev–Trinajstić information content (AvgIpc) is 2.64. The summed E-state index contributed by atoms with van der Waals surface area (Å²) in [5.41, 5.74) is 1.89. The van der Waals surface area contributed by atoms with E-state index in [9.17, 15) is 13.6 Å². The highest BCUT2D eigenvalue weighted by Crippen LogP contribution is 2.48. The fraction of sp³-hybridized carbons (Fsp3) is 0.278. The van der Waals surface area contributed by atoms with E-state index in [0.29, 0.717) is 11.4 Å². The Morgan fingerprint density at radius 3 is 2.63 bits per heavy atom. The number of benzene rings is 2. The van der Waals surface area contributed by atoms with Crippen molar-refractivity contribution < 1.29 is 23.5 Å². The zero-order valence-corrected chi connectivity index (χ0v) is 16.4. The van der Waals surface area contributed by atoms with Gasteiger partial charge in [-0.15, -0.1) is 0 Å². The molecule has 3 rings (SSSR count). The summed E-state index contributed by atoms with van der Waals surface area (Å²) in [6.45, 7) is 3.74. The van der Waals surface area contributed by atoms with Gasteiger partial charge in [-0.3, -0.25) is 18.5 Å². The molecule has 144 valence electrons. The van der Waals surface area contributed by atoms with Gasteiger partial charge in [-0.1, -0.05) is 37.7 Å². The molecule has 2 N–H and O–H groups in total. The summed E-state index contributed by atoms with van der Waals surface area (Å²) in [5.74, 6) is 0.621. The number of para-hydroxylation sites is 1. The van der Waals surface area contributed by atoms with E-state index in [-0.39, 0.29) is 12.3 Å². The van der Waals surface area contributed by atoms with Gasteiger partial charge >= 0.3 is 0 Å². The summed E-state index contributed by atoms with van der Waals surface area (Å²) in [5, 5.41) is 9.05.